The number of benzene rings is 1. The Morgan fingerprint density at radius 1 is 1.20 bits per heavy atom. The zero-order valence-corrected chi connectivity index (χ0v) is 14.4. The number of hydrogen-bond donors (Lipinski definition) is 2. The fourth-order valence-electron chi connectivity index (χ4n) is 2.64. The number of rotatable bonds is 6. The van der Waals surface area contributed by atoms with Crippen LogP contribution in [0.2, 0.25) is 0 Å². The number of aromatic nitrogens is 3. The van der Waals surface area contributed by atoms with E-state index in [0.717, 1.165) is 23.6 Å². The van der Waals surface area contributed by atoms with Gasteiger partial charge in [0, 0.05) is 37.6 Å². The standard InChI is InChI=1S/C19H21N5O/c1-14-11-17(23-22-14)19(25)21-12-16-9-6-10-20-18(16)24(2)13-15-7-4-3-5-8-15/h3-11H,12-13H2,1-2H3,(H,21,25)(H,22,23). The van der Waals surface area contributed by atoms with Crippen LogP contribution in [0.25, 0.3) is 0 Å². The van der Waals surface area contributed by atoms with Crippen molar-refractivity contribution in [2.45, 2.75) is 20.0 Å². The maximum atomic E-state index is 12.2. The van der Waals surface area contributed by atoms with Gasteiger partial charge in [0.1, 0.15) is 11.5 Å². The van der Waals surface area contributed by atoms with E-state index in [0.29, 0.717) is 12.2 Å². The Morgan fingerprint density at radius 2 is 2.00 bits per heavy atom. The highest BCUT2D eigenvalue weighted by Crippen LogP contribution is 2.18. The minimum atomic E-state index is -0.204. The number of aryl methyl sites for hydroxylation is 1. The maximum Gasteiger partial charge on any atom is 0.272 e. The van der Waals surface area contributed by atoms with E-state index in [4.69, 9.17) is 0 Å². The van der Waals surface area contributed by atoms with Crippen molar-refractivity contribution in [1.29, 1.82) is 0 Å². The molecule has 0 fully saturated rings. The molecule has 6 heteroatoms. The second kappa shape index (κ2) is 7.61. The number of amides is 1. The van der Waals surface area contributed by atoms with Gasteiger partial charge in [-0.2, -0.15) is 5.10 Å². The third-order valence-electron chi connectivity index (χ3n) is 3.87. The van der Waals surface area contributed by atoms with Gasteiger partial charge in [-0.1, -0.05) is 36.4 Å². The van der Waals surface area contributed by atoms with Crippen molar-refractivity contribution >= 4 is 11.7 Å². The van der Waals surface area contributed by atoms with Crippen LogP contribution in [0.15, 0.2) is 54.7 Å². The summed E-state index contributed by atoms with van der Waals surface area (Å²) in [5.41, 5.74) is 3.41. The van der Waals surface area contributed by atoms with Gasteiger partial charge >= 0.3 is 0 Å². The molecule has 2 heterocycles. The highest BCUT2D eigenvalue weighted by atomic mass is 16.1. The summed E-state index contributed by atoms with van der Waals surface area (Å²) in [6.07, 6.45) is 1.76. The molecule has 6 nitrogen and oxygen atoms in total. The quantitative estimate of drug-likeness (QED) is 0.726. The van der Waals surface area contributed by atoms with Crippen molar-refractivity contribution in [3.8, 4) is 0 Å². The highest BCUT2D eigenvalue weighted by Gasteiger charge is 2.12. The Hall–Kier alpha value is -3.15. The number of aromatic amines is 1. The molecule has 2 N–H and O–H groups in total. The molecule has 128 valence electrons. The monoisotopic (exact) mass is 335 g/mol. The number of H-pyrrole nitrogens is 1. The lowest BCUT2D eigenvalue weighted by Gasteiger charge is -2.21. The van der Waals surface area contributed by atoms with Gasteiger partial charge < -0.3 is 10.2 Å². The molecule has 3 aromatic rings. The molecule has 3 rings (SSSR count). The molecule has 1 amide bonds. The van der Waals surface area contributed by atoms with Gasteiger partial charge in [0.15, 0.2) is 0 Å². The molecule has 0 saturated carbocycles. The summed E-state index contributed by atoms with van der Waals surface area (Å²) in [5.74, 6) is 0.648. The first-order valence-corrected chi connectivity index (χ1v) is 8.12. The summed E-state index contributed by atoms with van der Waals surface area (Å²) < 4.78 is 0. The first-order valence-electron chi connectivity index (χ1n) is 8.12. The lowest BCUT2D eigenvalue weighted by Crippen LogP contribution is -2.26. The molecule has 0 spiro atoms. The Morgan fingerprint density at radius 3 is 2.72 bits per heavy atom. The van der Waals surface area contributed by atoms with E-state index in [2.05, 4.69) is 37.5 Å². The van der Waals surface area contributed by atoms with Crippen LogP contribution in [0.5, 0.6) is 0 Å². The maximum absolute atomic E-state index is 12.2. The molecular weight excluding hydrogens is 314 g/mol. The Bertz CT molecular complexity index is 844. The summed E-state index contributed by atoms with van der Waals surface area (Å²) in [5, 5.41) is 9.65. The molecule has 0 aliphatic carbocycles. The van der Waals surface area contributed by atoms with E-state index in [1.165, 1.54) is 5.56 Å². The molecule has 1 aromatic carbocycles. The van der Waals surface area contributed by atoms with Gasteiger partial charge in [0.25, 0.3) is 5.91 Å². The van der Waals surface area contributed by atoms with Crippen molar-refractivity contribution in [3.05, 3.63) is 77.2 Å². The molecule has 0 bridgehead atoms. The van der Waals surface area contributed by atoms with Crippen LogP contribution >= 0.6 is 0 Å². The molecule has 0 aliphatic heterocycles. The van der Waals surface area contributed by atoms with E-state index in [1.54, 1.807) is 12.3 Å². The predicted octanol–water partition coefficient (Wildman–Crippen LogP) is 2.68. The summed E-state index contributed by atoms with van der Waals surface area (Å²) in [4.78, 5) is 18.7. The second-order valence-corrected chi connectivity index (χ2v) is 5.95. The van der Waals surface area contributed by atoms with Crippen LogP contribution < -0.4 is 10.2 Å². The van der Waals surface area contributed by atoms with E-state index in [-0.39, 0.29) is 5.91 Å². The van der Waals surface area contributed by atoms with Crippen molar-refractivity contribution in [2.75, 3.05) is 11.9 Å². The third kappa shape index (κ3) is 4.23. The number of pyridine rings is 1. The Labute approximate surface area is 146 Å². The largest absolute Gasteiger partial charge is 0.355 e. The summed E-state index contributed by atoms with van der Waals surface area (Å²) in [6.45, 7) is 3.01. The van der Waals surface area contributed by atoms with E-state index < -0.39 is 0 Å². The van der Waals surface area contributed by atoms with Gasteiger partial charge in [-0.15, -0.1) is 0 Å². The number of hydrogen-bond acceptors (Lipinski definition) is 4. The second-order valence-electron chi connectivity index (χ2n) is 5.95. The zero-order chi connectivity index (χ0) is 17.6. The van der Waals surface area contributed by atoms with E-state index >= 15 is 0 Å². The average molecular weight is 335 g/mol. The molecule has 0 unspecified atom stereocenters. The van der Waals surface area contributed by atoms with Gasteiger partial charge in [0.2, 0.25) is 0 Å². The third-order valence-corrected chi connectivity index (χ3v) is 3.87. The number of carbonyl (C=O) groups is 1. The van der Waals surface area contributed by atoms with Crippen molar-refractivity contribution < 1.29 is 4.79 Å². The molecule has 2 aromatic heterocycles. The number of carbonyl (C=O) groups excluding carboxylic acids is 1. The van der Waals surface area contributed by atoms with Crippen molar-refractivity contribution in [3.63, 3.8) is 0 Å². The first-order chi connectivity index (χ1) is 12.1. The van der Waals surface area contributed by atoms with E-state index in [9.17, 15) is 4.79 Å². The molecule has 0 aliphatic rings. The highest BCUT2D eigenvalue weighted by molar-refractivity contribution is 5.92. The average Bonchev–Trinajstić information content (AvgIpc) is 3.07. The van der Waals surface area contributed by atoms with Gasteiger partial charge in [0.05, 0.1) is 0 Å². The van der Waals surface area contributed by atoms with Crippen LogP contribution in [-0.2, 0) is 13.1 Å². The molecule has 0 radical (unpaired) electrons. The van der Waals surface area contributed by atoms with E-state index in [1.807, 2.05) is 44.3 Å². The number of nitrogens with zero attached hydrogens (tertiary/aromatic N) is 3. The van der Waals surface area contributed by atoms with Crippen LogP contribution in [-0.4, -0.2) is 28.1 Å². The number of nitrogens with one attached hydrogen (secondary N) is 2. The van der Waals surface area contributed by atoms with Crippen LogP contribution in [0.4, 0.5) is 5.82 Å². The molecule has 0 saturated heterocycles. The molecular formula is C19H21N5O. The van der Waals surface area contributed by atoms with Crippen LogP contribution in [0, 0.1) is 6.92 Å². The topological polar surface area (TPSA) is 73.9 Å². The van der Waals surface area contributed by atoms with Crippen molar-refractivity contribution in [2.24, 2.45) is 0 Å². The Kier molecular flexibility index (Phi) is 5.09. The zero-order valence-electron chi connectivity index (χ0n) is 14.4. The van der Waals surface area contributed by atoms with Gasteiger partial charge in [-0.3, -0.25) is 9.89 Å². The predicted molar refractivity (Wildman–Crippen MR) is 97.3 cm³/mol. The first kappa shape index (κ1) is 16.7. The minimum Gasteiger partial charge on any atom is -0.355 e. The van der Waals surface area contributed by atoms with Crippen molar-refractivity contribution in [1.82, 2.24) is 20.5 Å². The molecule has 25 heavy (non-hydrogen) atoms. The van der Waals surface area contributed by atoms with Gasteiger partial charge in [-0.25, -0.2) is 4.98 Å². The van der Waals surface area contributed by atoms with Crippen LogP contribution in [0.1, 0.15) is 27.3 Å². The SMILES string of the molecule is Cc1cc(C(=O)NCc2cccnc2N(C)Cc2ccccc2)n[nH]1. The summed E-state index contributed by atoms with van der Waals surface area (Å²) in [6, 6.07) is 15.8. The normalized spacial score (nSPS) is 10.5. The summed E-state index contributed by atoms with van der Waals surface area (Å²) >= 11 is 0. The van der Waals surface area contributed by atoms with Crippen LogP contribution in [0.3, 0.4) is 0 Å². The fraction of sp³-hybridized carbons (Fsp3) is 0.211. The number of anilines is 1. The lowest BCUT2D eigenvalue weighted by molar-refractivity contribution is 0.0946. The Balaban J connectivity index is 1.69. The smallest absolute Gasteiger partial charge is 0.272 e. The summed E-state index contributed by atoms with van der Waals surface area (Å²) in [7, 11) is 2.00. The minimum absolute atomic E-state index is 0.204. The lowest BCUT2D eigenvalue weighted by atomic mass is 10.2. The fourth-order valence-corrected chi connectivity index (χ4v) is 2.64. The van der Waals surface area contributed by atoms with Gasteiger partial charge in [-0.05, 0) is 24.6 Å². The molecule has 0 atom stereocenters.